The summed E-state index contributed by atoms with van der Waals surface area (Å²) in [4.78, 5) is 38.2. The number of anilines is 1. The van der Waals surface area contributed by atoms with Crippen molar-refractivity contribution in [2.24, 2.45) is 5.92 Å². The van der Waals surface area contributed by atoms with E-state index in [2.05, 4.69) is 25.2 Å². The minimum Gasteiger partial charge on any atom is -0.454 e. The van der Waals surface area contributed by atoms with Crippen molar-refractivity contribution >= 4 is 23.3 Å². The maximum atomic E-state index is 12.7. The van der Waals surface area contributed by atoms with E-state index in [0.29, 0.717) is 12.8 Å². The summed E-state index contributed by atoms with van der Waals surface area (Å²) in [6, 6.07) is 8.07. The topological polar surface area (TPSA) is 75.7 Å². The Balaban J connectivity index is 1.71. The lowest BCUT2D eigenvalue weighted by molar-refractivity contribution is -0.157. The fourth-order valence-corrected chi connectivity index (χ4v) is 3.77. The summed E-state index contributed by atoms with van der Waals surface area (Å²) in [5.41, 5.74) is 2.80. The normalized spacial score (nSPS) is 23.6. The molecule has 6 nitrogen and oxygen atoms in total. The smallest absolute Gasteiger partial charge is 0.311 e. The number of amides is 1. The Bertz CT molecular complexity index is 802. The second-order valence-corrected chi connectivity index (χ2v) is 7.75. The number of ether oxygens (including phenoxy) is 1. The van der Waals surface area contributed by atoms with Crippen molar-refractivity contribution in [2.75, 3.05) is 18.5 Å². The summed E-state index contributed by atoms with van der Waals surface area (Å²) in [5, 5.41) is 2.66. The summed E-state index contributed by atoms with van der Waals surface area (Å²) < 4.78 is 5.37. The zero-order chi connectivity index (χ0) is 19.8. The standard InChI is InChI=1S/C21H26N2O4/c1-13(27-20(26)14-9-10-19(25)22-12-14)17(24)11-18-21(2,3)15-7-5-6-8-16(15)23(18)4/h5-8,11,13-14H,9-10,12H2,1-4H3,(H,22,25)/b18-11+. The molecule has 0 spiro atoms. The van der Waals surface area contributed by atoms with Gasteiger partial charge in [-0.15, -0.1) is 0 Å². The van der Waals surface area contributed by atoms with Gasteiger partial charge in [-0.3, -0.25) is 14.4 Å². The number of allylic oxidation sites excluding steroid dienone is 1. The lowest BCUT2D eigenvalue weighted by atomic mass is 9.83. The molecule has 0 bridgehead atoms. The number of ketones is 1. The summed E-state index contributed by atoms with van der Waals surface area (Å²) in [6.07, 6.45) is 1.48. The molecule has 144 valence electrons. The molecule has 1 aromatic carbocycles. The summed E-state index contributed by atoms with van der Waals surface area (Å²) in [6.45, 7) is 6.02. The molecule has 6 heteroatoms. The van der Waals surface area contributed by atoms with E-state index in [9.17, 15) is 14.4 Å². The second-order valence-electron chi connectivity index (χ2n) is 7.75. The maximum Gasteiger partial charge on any atom is 0.311 e. The van der Waals surface area contributed by atoms with E-state index < -0.39 is 12.1 Å². The zero-order valence-corrected chi connectivity index (χ0v) is 16.2. The van der Waals surface area contributed by atoms with Crippen molar-refractivity contribution < 1.29 is 19.1 Å². The van der Waals surface area contributed by atoms with Crippen LogP contribution in [0, 0.1) is 5.92 Å². The largest absolute Gasteiger partial charge is 0.454 e. The van der Waals surface area contributed by atoms with Crippen LogP contribution in [0.15, 0.2) is 36.0 Å². The lowest BCUT2D eigenvalue weighted by Crippen LogP contribution is -2.40. The van der Waals surface area contributed by atoms with Gasteiger partial charge in [-0.05, 0) is 25.0 Å². The first-order valence-corrected chi connectivity index (χ1v) is 9.28. The number of hydrogen-bond acceptors (Lipinski definition) is 5. The van der Waals surface area contributed by atoms with Gasteiger partial charge in [-0.2, -0.15) is 0 Å². The Kier molecular flexibility index (Phi) is 5.09. The molecule has 1 amide bonds. The van der Waals surface area contributed by atoms with Gasteiger partial charge in [0.2, 0.25) is 5.91 Å². The van der Waals surface area contributed by atoms with E-state index in [-0.39, 0.29) is 29.6 Å². The molecular formula is C21H26N2O4. The molecule has 1 saturated heterocycles. The van der Waals surface area contributed by atoms with Crippen LogP contribution in [-0.2, 0) is 24.5 Å². The average Bonchev–Trinajstić information content (AvgIpc) is 2.83. The third-order valence-electron chi connectivity index (χ3n) is 5.51. The van der Waals surface area contributed by atoms with E-state index in [1.54, 1.807) is 13.0 Å². The van der Waals surface area contributed by atoms with E-state index in [4.69, 9.17) is 4.74 Å². The van der Waals surface area contributed by atoms with E-state index >= 15 is 0 Å². The number of para-hydroxylation sites is 1. The zero-order valence-electron chi connectivity index (χ0n) is 16.2. The summed E-state index contributed by atoms with van der Waals surface area (Å²) in [5.74, 6) is -1.12. The Morgan fingerprint density at radius 2 is 2.04 bits per heavy atom. The molecule has 2 heterocycles. The molecular weight excluding hydrogens is 344 g/mol. The van der Waals surface area contributed by atoms with Gasteiger partial charge in [0.25, 0.3) is 0 Å². The molecule has 27 heavy (non-hydrogen) atoms. The van der Waals surface area contributed by atoms with Crippen LogP contribution in [0.5, 0.6) is 0 Å². The molecule has 1 N–H and O–H groups in total. The lowest BCUT2D eigenvalue weighted by Gasteiger charge is -2.25. The predicted molar refractivity (Wildman–Crippen MR) is 102 cm³/mol. The molecule has 2 aliphatic rings. The number of likely N-dealkylation sites (N-methyl/N-ethyl adjacent to an activating group) is 1. The number of rotatable bonds is 4. The first-order valence-electron chi connectivity index (χ1n) is 9.28. The fourth-order valence-electron chi connectivity index (χ4n) is 3.77. The van der Waals surface area contributed by atoms with E-state index in [1.165, 1.54) is 0 Å². The molecule has 3 rings (SSSR count). The highest BCUT2D eigenvalue weighted by atomic mass is 16.5. The van der Waals surface area contributed by atoms with Crippen molar-refractivity contribution in [3.8, 4) is 0 Å². The number of carbonyl (C=O) groups excluding carboxylic acids is 3. The van der Waals surface area contributed by atoms with Crippen LogP contribution in [0.1, 0.15) is 39.2 Å². The number of carbonyl (C=O) groups is 3. The van der Waals surface area contributed by atoms with E-state index in [1.807, 2.05) is 30.1 Å². The van der Waals surface area contributed by atoms with Crippen LogP contribution in [0.2, 0.25) is 0 Å². The maximum absolute atomic E-state index is 12.7. The first kappa shape index (κ1) is 19.1. The Labute approximate surface area is 159 Å². The number of benzene rings is 1. The van der Waals surface area contributed by atoms with Gasteiger partial charge in [-0.25, -0.2) is 0 Å². The van der Waals surface area contributed by atoms with Gasteiger partial charge in [0.15, 0.2) is 11.9 Å². The quantitative estimate of drug-likeness (QED) is 0.650. The van der Waals surface area contributed by atoms with Gasteiger partial charge in [0.1, 0.15) is 0 Å². The SMILES string of the molecule is CC(OC(=O)C1CCC(=O)NC1)C(=O)/C=C1/N(C)c2ccccc2C1(C)C. The van der Waals surface area contributed by atoms with Crippen LogP contribution in [0.3, 0.4) is 0 Å². The van der Waals surface area contributed by atoms with Gasteiger partial charge in [0, 0.05) is 42.9 Å². The summed E-state index contributed by atoms with van der Waals surface area (Å²) in [7, 11) is 1.94. The highest BCUT2D eigenvalue weighted by Crippen LogP contribution is 2.46. The first-order chi connectivity index (χ1) is 12.7. The van der Waals surface area contributed by atoms with Crippen LogP contribution in [-0.4, -0.2) is 37.4 Å². The van der Waals surface area contributed by atoms with Crippen LogP contribution in [0.4, 0.5) is 5.69 Å². The Morgan fingerprint density at radius 1 is 1.33 bits per heavy atom. The highest BCUT2D eigenvalue weighted by Gasteiger charge is 2.39. The molecule has 0 radical (unpaired) electrons. The highest BCUT2D eigenvalue weighted by molar-refractivity contribution is 5.97. The molecule has 2 atom stereocenters. The van der Waals surface area contributed by atoms with Gasteiger partial charge >= 0.3 is 5.97 Å². The minimum atomic E-state index is -0.865. The molecule has 2 unspecified atom stereocenters. The predicted octanol–water partition coefficient (Wildman–Crippen LogP) is 2.32. The molecule has 1 fully saturated rings. The van der Waals surface area contributed by atoms with Crippen molar-refractivity contribution in [3.63, 3.8) is 0 Å². The summed E-state index contributed by atoms with van der Waals surface area (Å²) >= 11 is 0. The van der Waals surface area contributed by atoms with Gasteiger partial charge in [0.05, 0.1) is 5.92 Å². The third kappa shape index (κ3) is 3.61. The number of nitrogens with zero attached hydrogens (tertiary/aromatic N) is 1. The van der Waals surface area contributed by atoms with E-state index in [0.717, 1.165) is 16.9 Å². The number of nitrogens with one attached hydrogen (secondary N) is 1. The molecule has 0 aliphatic carbocycles. The number of hydrogen-bond donors (Lipinski definition) is 1. The van der Waals surface area contributed by atoms with Crippen LogP contribution < -0.4 is 10.2 Å². The number of esters is 1. The number of piperidine rings is 1. The van der Waals surface area contributed by atoms with Crippen molar-refractivity contribution in [2.45, 2.75) is 45.1 Å². The third-order valence-corrected chi connectivity index (χ3v) is 5.51. The monoisotopic (exact) mass is 370 g/mol. The molecule has 0 aromatic heterocycles. The van der Waals surface area contributed by atoms with Gasteiger partial charge in [-0.1, -0.05) is 32.0 Å². The molecule has 0 saturated carbocycles. The van der Waals surface area contributed by atoms with Crippen LogP contribution >= 0.6 is 0 Å². The minimum absolute atomic E-state index is 0.0565. The van der Waals surface area contributed by atoms with Crippen LogP contribution in [0.25, 0.3) is 0 Å². The Morgan fingerprint density at radius 3 is 2.67 bits per heavy atom. The van der Waals surface area contributed by atoms with Crippen molar-refractivity contribution in [1.29, 1.82) is 0 Å². The number of fused-ring (bicyclic) bond motifs is 1. The molecule has 1 aromatic rings. The average molecular weight is 370 g/mol. The fraction of sp³-hybridized carbons (Fsp3) is 0.476. The van der Waals surface area contributed by atoms with Gasteiger partial charge < -0.3 is 15.0 Å². The second kappa shape index (κ2) is 7.18. The molecule has 2 aliphatic heterocycles. The van der Waals surface area contributed by atoms with Crippen molar-refractivity contribution in [1.82, 2.24) is 5.32 Å². The van der Waals surface area contributed by atoms with Crippen molar-refractivity contribution in [3.05, 3.63) is 41.6 Å². The Hall–Kier alpha value is -2.63.